The molecule has 2 unspecified atom stereocenters. The molecule has 0 aliphatic carbocycles. The molecule has 2 rings (SSSR count). The van der Waals surface area contributed by atoms with Crippen LogP contribution in [0.15, 0.2) is 0 Å². The van der Waals surface area contributed by atoms with Gasteiger partial charge in [0.2, 0.25) is 0 Å². The summed E-state index contributed by atoms with van der Waals surface area (Å²) < 4.78 is 17.5. The summed E-state index contributed by atoms with van der Waals surface area (Å²) in [6.07, 6.45) is 5.12. The number of hydrogen-bond acceptors (Lipinski definition) is 3. The van der Waals surface area contributed by atoms with Gasteiger partial charge in [-0.05, 0) is 25.7 Å². The third-order valence-corrected chi connectivity index (χ3v) is 5.40. The zero-order valence-corrected chi connectivity index (χ0v) is 13.0. The molecule has 0 N–H and O–H groups in total. The van der Waals surface area contributed by atoms with E-state index in [4.69, 9.17) is 14.2 Å². The fourth-order valence-electron chi connectivity index (χ4n) is 3.51. The minimum absolute atomic E-state index is 0.266. The van der Waals surface area contributed by atoms with Gasteiger partial charge in [0.1, 0.15) is 0 Å². The van der Waals surface area contributed by atoms with Crippen LogP contribution in [0, 0.1) is 10.8 Å². The highest BCUT2D eigenvalue weighted by atomic mass is 16.5. The van der Waals surface area contributed by atoms with Gasteiger partial charge in [-0.15, -0.1) is 0 Å². The van der Waals surface area contributed by atoms with Crippen LogP contribution in [-0.4, -0.2) is 38.6 Å². The summed E-state index contributed by atoms with van der Waals surface area (Å²) >= 11 is 0. The molecule has 0 radical (unpaired) electrons. The molecule has 2 aliphatic heterocycles. The van der Waals surface area contributed by atoms with Crippen LogP contribution in [0.4, 0.5) is 0 Å². The molecule has 3 heteroatoms. The monoisotopic (exact) mass is 270 g/mol. The maximum absolute atomic E-state index is 6.59. The van der Waals surface area contributed by atoms with Crippen LogP contribution in [0.25, 0.3) is 0 Å². The van der Waals surface area contributed by atoms with Gasteiger partial charge in [-0.3, -0.25) is 0 Å². The molecular weight excluding hydrogens is 240 g/mol. The average molecular weight is 270 g/mol. The van der Waals surface area contributed by atoms with E-state index in [0.29, 0.717) is 12.2 Å². The Morgan fingerprint density at radius 2 is 1.16 bits per heavy atom. The molecule has 2 atom stereocenters. The first-order valence-corrected chi connectivity index (χ1v) is 7.97. The Morgan fingerprint density at radius 1 is 0.789 bits per heavy atom. The van der Waals surface area contributed by atoms with Crippen molar-refractivity contribution >= 4 is 0 Å². The first kappa shape index (κ1) is 15.3. The fourth-order valence-corrected chi connectivity index (χ4v) is 3.51. The van der Waals surface area contributed by atoms with Gasteiger partial charge in [-0.25, -0.2) is 0 Å². The van der Waals surface area contributed by atoms with Crippen molar-refractivity contribution in [3.8, 4) is 0 Å². The number of ether oxygens (including phenoxy) is 3. The predicted octanol–water partition coefficient (Wildman–Crippen LogP) is 3.41. The van der Waals surface area contributed by atoms with Gasteiger partial charge in [0, 0.05) is 10.8 Å². The Kier molecular flexibility index (Phi) is 4.91. The van der Waals surface area contributed by atoms with Gasteiger partial charge >= 0.3 is 0 Å². The molecule has 19 heavy (non-hydrogen) atoms. The summed E-state index contributed by atoms with van der Waals surface area (Å²) in [5.41, 5.74) is 0.531. The van der Waals surface area contributed by atoms with E-state index in [1.807, 2.05) is 0 Å². The molecule has 0 aromatic carbocycles. The van der Waals surface area contributed by atoms with Crippen LogP contribution < -0.4 is 0 Å². The summed E-state index contributed by atoms with van der Waals surface area (Å²) in [7, 11) is 0. The molecule has 0 aromatic rings. The maximum atomic E-state index is 6.59. The fraction of sp³-hybridized carbons (Fsp3) is 1.00. The smallest absolute Gasteiger partial charge is 0.0676 e. The first-order valence-electron chi connectivity index (χ1n) is 7.97. The summed E-state index contributed by atoms with van der Waals surface area (Å²) in [5, 5.41) is 0. The van der Waals surface area contributed by atoms with Crippen LogP contribution in [0.3, 0.4) is 0 Å². The molecule has 0 bridgehead atoms. The Bertz CT molecular complexity index is 243. The normalized spacial score (nSPS) is 27.2. The van der Waals surface area contributed by atoms with E-state index < -0.39 is 0 Å². The van der Waals surface area contributed by atoms with Crippen molar-refractivity contribution in [3.63, 3.8) is 0 Å². The lowest BCUT2D eigenvalue weighted by Crippen LogP contribution is -2.57. The van der Waals surface area contributed by atoms with Crippen molar-refractivity contribution in [2.75, 3.05) is 26.4 Å². The Hall–Kier alpha value is -0.120. The standard InChI is InChI=1S/C16H30O3/c1-5-13(15(7-3)9-17-10-15)19-14(6-2)16(8-4)11-18-12-16/h13-14H,5-12H2,1-4H3. The highest BCUT2D eigenvalue weighted by molar-refractivity contribution is 4.96. The molecule has 0 amide bonds. The highest BCUT2D eigenvalue weighted by Crippen LogP contribution is 2.43. The van der Waals surface area contributed by atoms with Crippen LogP contribution >= 0.6 is 0 Å². The maximum Gasteiger partial charge on any atom is 0.0676 e. The molecular formula is C16H30O3. The van der Waals surface area contributed by atoms with E-state index in [1.165, 1.54) is 0 Å². The van der Waals surface area contributed by atoms with Crippen molar-refractivity contribution in [1.29, 1.82) is 0 Å². The van der Waals surface area contributed by atoms with E-state index in [1.54, 1.807) is 0 Å². The van der Waals surface area contributed by atoms with E-state index in [2.05, 4.69) is 27.7 Å². The SMILES string of the molecule is CCC(OC(CC)C1(CC)COC1)C1(CC)COC1. The number of rotatable bonds is 8. The summed E-state index contributed by atoms with van der Waals surface area (Å²) in [5.74, 6) is 0. The second-order valence-corrected chi connectivity index (χ2v) is 6.35. The van der Waals surface area contributed by atoms with Gasteiger partial charge in [0.25, 0.3) is 0 Å². The average Bonchev–Trinajstić information content (AvgIpc) is 2.33. The molecule has 0 saturated carbocycles. The molecule has 2 saturated heterocycles. The molecule has 0 spiro atoms. The predicted molar refractivity (Wildman–Crippen MR) is 76.3 cm³/mol. The Balaban J connectivity index is 2.03. The minimum Gasteiger partial charge on any atom is -0.380 e. The summed E-state index contributed by atoms with van der Waals surface area (Å²) in [6.45, 7) is 12.5. The summed E-state index contributed by atoms with van der Waals surface area (Å²) in [6, 6.07) is 0. The molecule has 2 fully saturated rings. The topological polar surface area (TPSA) is 27.7 Å². The van der Waals surface area contributed by atoms with Gasteiger partial charge in [0.15, 0.2) is 0 Å². The van der Waals surface area contributed by atoms with E-state index >= 15 is 0 Å². The zero-order valence-electron chi connectivity index (χ0n) is 13.0. The minimum atomic E-state index is 0.266. The Morgan fingerprint density at radius 3 is 1.32 bits per heavy atom. The van der Waals surface area contributed by atoms with Gasteiger partial charge in [-0.1, -0.05) is 27.7 Å². The van der Waals surface area contributed by atoms with Crippen LogP contribution in [0.2, 0.25) is 0 Å². The lowest BCUT2D eigenvalue weighted by molar-refractivity contribution is -0.249. The summed E-state index contributed by atoms with van der Waals surface area (Å²) in [4.78, 5) is 0. The molecule has 2 aliphatic rings. The van der Waals surface area contributed by atoms with Gasteiger partial charge < -0.3 is 14.2 Å². The van der Waals surface area contributed by atoms with E-state index in [-0.39, 0.29) is 10.8 Å². The van der Waals surface area contributed by atoms with Crippen LogP contribution in [0.1, 0.15) is 53.4 Å². The van der Waals surface area contributed by atoms with Crippen molar-refractivity contribution in [2.45, 2.75) is 65.6 Å². The quantitative estimate of drug-likeness (QED) is 0.676. The third-order valence-electron chi connectivity index (χ3n) is 5.40. The molecule has 3 nitrogen and oxygen atoms in total. The van der Waals surface area contributed by atoms with Gasteiger partial charge in [-0.2, -0.15) is 0 Å². The first-order chi connectivity index (χ1) is 9.16. The second kappa shape index (κ2) is 6.11. The molecule has 2 heterocycles. The van der Waals surface area contributed by atoms with E-state index in [0.717, 1.165) is 52.1 Å². The van der Waals surface area contributed by atoms with Crippen LogP contribution in [-0.2, 0) is 14.2 Å². The zero-order chi connectivity index (χ0) is 13.9. The second-order valence-electron chi connectivity index (χ2n) is 6.35. The molecule has 112 valence electrons. The lowest BCUT2D eigenvalue weighted by Gasteiger charge is -2.52. The van der Waals surface area contributed by atoms with Crippen molar-refractivity contribution in [1.82, 2.24) is 0 Å². The van der Waals surface area contributed by atoms with Gasteiger partial charge in [0.05, 0.1) is 38.6 Å². The largest absolute Gasteiger partial charge is 0.380 e. The van der Waals surface area contributed by atoms with Crippen molar-refractivity contribution in [3.05, 3.63) is 0 Å². The molecule has 0 aromatic heterocycles. The van der Waals surface area contributed by atoms with Crippen molar-refractivity contribution < 1.29 is 14.2 Å². The van der Waals surface area contributed by atoms with Crippen molar-refractivity contribution in [2.24, 2.45) is 10.8 Å². The number of hydrogen-bond donors (Lipinski definition) is 0. The van der Waals surface area contributed by atoms with Crippen LogP contribution in [0.5, 0.6) is 0 Å². The highest BCUT2D eigenvalue weighted by Gasteiger charge is 2.49. The van der Waals surface area contributed by atoms with E-state index in [9.17, 15) is 0 Å². The third kappa shape index (κ3) is 2.57. The lowest BCUT2D eigenvalue weighted by atomic mass is 9.74. The Labute approximate surface area is 118 Å².